The number of hydrogen-bond donors (Lipinski definition) is 7. The van der Waals surface area contributed by atoms with Gasteiger partial charge in [-0.05, 0) is 29.5 Å². The SMILES string of the molecule is NCCON[C@@H](Cc1ccccc1)C(=O)O.N[C@@H](Cc1ccccc1)C(=O)O.N[C@@H](Cc1ccccc1)C(=O)O. The highest BCUT2D eigenvalue weighted by atomic mass is 16.6. The van der Waals surface area contributed by atoms with Crippen LogP contribution in [0.1, 0.15) is 16.7 Å². The highest BCUT2D eigenvalue weighted by Gasteiger charge is 2.17. The highest BCUT2D eigenvalue weighted by molar-refractivity contribution is 5.74. The Morgan fingerprint density at radius 1 is 0.625 bits per heavy atom. The Kier molecular flexibility index (Phi) is 16.8. The third-order valence-corrected chi connectivity index (χ3v) is 5.26. The van der Waals surface area contributed by atoms with Crippen molar-refractivity contribution in [2.24, 2.45) is 17.2 Å². The first-order chi connectivity index (χ1) is 19.1. The van der Waals surface area contributed by atoms with Gasteiger partial charge in [0.25, 0.3) is 0 Å². The van der Waals surface area contributed by atoms with Gasteiger partial charge in [-0.15, -0.1) is 0 Å². The molecular formula is C29H38N4O7. The minimum Gasteiger partial charge on any atom is -0.480 e. The maximum Gasteiger partial charge on any atom is 0.323 e. The van der Waals surface area contributed by atoms with Crippen LogP contribution >= 0.6 is 0 Å². The van der Waals surface area contributed by atoms with Crippen molar-refractivity contribution in [3.63, 3.8) is 0 Å². The zero-order valence-electron chi connectivity index (χ0n) is 22.1. The maximum atomic E-state index is 10.9. The normalized spacial score (nSPS) is 12.4. The average molecular weight is 555 g/mol. The smallest absolute Gasteiger partial charge is 0.323 e. The summed E-state index contributed by atoms with van der Waals surface area (Å²) >= 11 is 0. The lowest BCUT2D eigenvalue weighted by molar-refractivity contribution is -0.144. The van der Waals surface area contributed by atoms with Gasteiger partial charge in [0.15, 0.2) is 0 Å². The topological polar surface area (TPSA) is 211 Å². The van der Waals surface area contributed by atoms with Crippen LogP contribution in [-0.2, 0) is 38.5 Å². The fourth-order valence-corrected chi connectivity index (χ4v) is 3.16. The van der Waals surface area contributed by atoms with Crippen molar-refractivity contribution in [2.45, 2.75) is 37.4 Å². The summed E-state index contributed by atoms with van der Waals surface area (Å²) in [5.74, 6) is -2.86. The van der Waals surface area contributed by atoms with E-state index in [0.29, 0.717) is 32.4 Å². The molecule has 0 bridgehead atoms. The van der Waals surface area contributed by atoms with Crippen LogP contribution in [0.15, 0.2) is 91.0 Å². The molecule has 0 heterocycles. The van der Waals surface area contributed by atoms with Crippen molar-refractivity contribution in [1.29, 1.82) is 0 Å². The molecule has 3 aromatic rings. The predicted octanol–water partition coefficient (Wildman–Crippen LogP) is 1.44. The fraction of sp³-hybridized carbons (Fsp3) is 0.276. The van der Waals surface area contributed by atoms with Crippen molar-refractivity contribution in [3.05, 3.63) is 108 Å². The third kappa shape index (κ3) is 15.3. The second-order valence-corrected chi connectivity index (χ2v) is 8.60. The van der Waals surface area contributed by atoms with Crippen molar-refractivity contribution in [1.82, 2.24) is 5.48 Å². The number of carboxylic acid groups (broad SMARTS) is 3. The molecule has 40 heavy (non-hydrogen) atoms. The van der Waals surface area contributed by atoms with E-state index in [4.69, 9.17) is 37.4 Å². The maximum absolute atomic E-state index is 10.9. The van der Waals surface area contributed by atoms with E-state index in [2.05, 4.69) is 5.48 Å². The molecule has 0 spiro atoms. The Bertz CT molecular complexity index is 1060. The number of aliphatic carboxylic acids is 3. The summed E-state index contributed by atoms with van der Waals surface area (Å²) in [5.41, 5.74) is 21.3. The fourth-order valence-electron chi connectivity index (χ4n) is 3.16. The summed E-state index contributed by atoms with van der Waals surface area (Å²) in [6.07, 6.45) is 1.15. The van der Waals surface area contributed by atoms with Crippen LogP contribution in [0, 0.1) is 0 Å². The van der Waals surface area contributed by atoms with E-state index in [1.54, 1.807) is 0 Å². The summed E-state index contributed by atoms with van der Waals surface area (Å²) in [4.78, 5) is 36.6. The predicted molar refractivity (Wildman–Crippen MR) is 151 cm³/mol. The second kappa shape index (κ2) is 19.9. The number of hydroxylamine groups is 1. The molecule has 0 saturated heterocycles. The standard InChI is InChI=1S/C11H16N2O3.2C9H11NO2/c12-6-7-16-13-10(11(14)15)8-9-4-2-1-3-5-9;2*10-8(9(11)12)6-7-4-2-1-3-5-7/h1-5,10,13H,6-8,12H2,(H,14,15);2*1-5,8H,6,10H2,(H,11,12)/t10-;2*8-/m000/s1. The Morgan fingerprint density at radius 3 is 1.27 bits per heavy atom. The number of rotatable bonds is 13. The van der Waals surface area contributed by atoms with Gasteiger partial charge in [-0.1, -0.05) is 91.0 Å². The first kappa shape index (κ1) is 33.9. The summed E-state index contributed by atoms with van der Waals surface area (Å²) in [7, 11) is 0. The number of benzene rings is 3. The quantitative estimate of drug-likeness (QED) is 0.119. The van der Waals surface area contributed by atoms with Gasteiger partial charge in [-0.2, -0.15) is 5.48 Å². The molecule has 11 nitrogen and oxygen atoms in total. The van der Waals surface area contributed by atoms with Gasteiger partial charge in [0.1, 0.15) is 18.1 Å². The lowest BCUT2D eigenvalue weighted by Crippen LogP contribution is -2.39. The molecule has 216 valence electrons. The molecule has 0 aliphatic heterocycles. The van der Waals surface area contributed by atoms with Crippen LogP contribution in [0.3, 0.4) is 0 Å². The Labute approximate surface area is 233 Å². The van der Waals surface area contributed by atoms with Gasteiger partial charge in [-0.3, -0.25) is 19.2 Å². The first-order valence-corrected chi connectivity index (χ1v) is 12.5. The van der Waals surface area contributed by atoms with E-state index >= 15 is 0 Å². The molecule has 3 rings (SSSR count). The number of nitrogens with two attached hydrogens (primary N) is 3. The molecular weight excluding hydrogens is 516 g/mol. The van der Waals surface area contributed by atoms with Crippen LogP contribution in [0.5, 0.6) is 0 Å². The molecule has 11 heteroatoms. The summed E-state index contributed by atoms with van der Waals surface area (Å²) in [6.45, 7) is 0.642. The largest absolute Gasteiger partial charge is 0.480 e. The van der Waals surface area contributed by atoms with Crippen LogP contribution in [-0.4, -0.2) is 64.5 Å². The molecule has 3 atom stereocenters. The number of carbonyl (C=O) groups is 3. The Balaban J connectivity index is 0.000000305. The Morgan fingerprint density at radius 2 is 0.975 bits per heavy atom. The van der Waals surface area contributed by atoms with E-state index in [9.17, 15) is 14.4 Å². The van der Waals surface area contributed by atoms with Crippen molar-refractivity contribution >= 4 is 17.9 Å². The number of carboxylic acids is 3. The molecule has 0 aromatic heterocycles. The number of nitrogens with one attached hydrogen (secondary N) is 1. The van der Waals surface area contributed by atoms with Crippen LogP contribution in [0.25, 0.3) is 0 Å². The summed E-state index contributed by atoms with van der Waals surface area (Å²) < 4.78 is 0. The minimum absolute atomic E-state index is 0.290. The highest BCUT2D eigenvalue weighted by Crippen LogP contribution is 2.04. The Hall–Kier alpha value is -4.13. The summed E-state index contributed by atoms with van der Waals surface area (Å²) in [5, 5.41) is 26.0. The monoisotopic (exact) mass is 554 g/mol. The van der Waals surface area contributed by atoms with Gasteiger partial charge in [-0.25, -0.2) is 0 Å². The first-order valence-electron chi connectivity index (χ1n) is 12.5. The van der Waals surface area contributed by atoms with Gasteiger partial charge < -0.3 is 32.5 Å². The van der Waals surface area contributed by atoms with Gasteiger partial charge >= 0.3 is 17.9 Å². The zero-order chi connectivity index (χ0) is 29.8. The molecule has 10 N–H and O–H groups in total. The summed E-state index contributed by atoms with van der Waals surface area (Å²) in [6, 6.07) is 25.7. The molecule has 0 unspecified atom stereocenters. The van der Waals surface area contributed by atoms with Crippen LogP contribution < -0.4 is 22.7 Å². The van der Waals surface area contributed by atoms with Crippen molar-refractivity contribution in [2.75, 3.05) is 13.2 Å². The van der Waals surface area contributed by atoms with Gasteiger partial charge in [0.2, 0.25) is 0 Å². The van der Waals surface area contributed by atoms with Gasteiger partial charge in [0, 0.05) is 13.0 Å². The second-order valence-electron chi connectivity index (χ2n) is 8.60. The van der Waals surface area contributed by atoms with Crippen LogP contribution in [0.2, 0.25) is 0 Å². The lowest BCUT2D eigenvalue weighted by Gasteiger charge is -2.13. The third-order valence-electron chi connectivity index (χ3n) is 5.26. The van der Waals surface area contributed by atoms with E-state index < -0.39 is 36.0 Å². The molecule has 0 radical (unpaired) electrons. The zero-order valence-corrected chi connectivity index (χ0v) is 22.1. The van der Waals surface area contributed by atoms with E-state index in [1.165, 1.54) is 0 Å². The van der Waals surface area contributed by atoms with Gasteiger partial charge in [0.05, 0.1) is 6.61 Å². The van der Waals surface area contributed by atoms with Crippen LogP contribution in [0.4, 0.5) is 0 Å². The lowest BCUT2D eigenvalue weighted by atomic mass is 10.1. The molecule has 0 saturated carbocycles. The van der Waals surface area contributed by atoms with Crippen molar-refractivity contribution in [3.8, 4) is 0 Å². The van der Waals surface area contributed by atoms with E-state index in [1.807, 2.05) is 91.0 Å². The average Bonchev–Trinajstić information content (AvgIpc) is 2.95. The minimum atomic E-state index is -0.959. The number of hydrogen-bond acceptors (Lipinski definition) is 8. The molecule has 0 aliphatic rings. The molecule has 3 aromatic carbocycles. The molecule has 0 aliphatic carbocycles. The van der Waals surface area contributed by atoms with Crippen molar-refractivity contribution < 1.29 is 34.5 Å². The molecule has 0 fully saturated rings. The molecule has 0 amide bonds. The van der Waals surface area contributed by atoms with E-state index in [-0.39, 0.29) is 0 Å². The van der Waals surface area contributed by atoms with E-state index in [0.717, 1.165) is 16.7 Å².